The molecule has 0 fully saturated rings. The van der Waals surface area contributed by atoms with Crippen LogP contribution in [0.5, 0.6) is 0 Å². The highest BCUT2D eigenvalue weighted by molar-refractivity contribution is 7.89. The molecule has 1 rings (SSSR count). The van der Waals surface area contributed by atoms with Crippen molar-refractivity contribution in [2.75, 3.05) is 13.7 Å². The third-order valence-electron chi connectivity index (χ3n) is 3.62. The lowest BCUT2D eigenvalue weighted by Crippen LogP contribution is -2.46. The minimum atomic E-state index is -3.88. The van der Waals surface area contributed by atoms with Gasteiger partial charge >= 0.3 is 5.97 Å². The second kappa shape index (κ2) is 8.25. The van der Waals surface area contributed by atoms with Crippen molar-refractivity contribution in [3.63, 3.8) is 0 Å². The molecule has 0 saturated heterocycles. The molecule has 0 aliphatic heterocycles. The fourth-order valence-corrected chi connectivity index (χ4v) is 3.29. The van der Waals surface area contributed by atoms with Gasteiger partial charge in [0.15, 0.2) is 6.61 Å². The third-order valence-corrected chi connectivity index (χ3v) is 5.05. The molecule has 1 amide bonds. The predicted molar refractivity (Wildman–Crippen MR) is 89.9 cm³/mol. The van der Waals surface area contributed by atoms with Crippen molar-refractivity contribution in [2.45, 2.75) is 38.6 Å². The highest BCUT2D eigenvalue weighted by atomic mass is 32.2. The number of likely N-dealkylation sites (N-methyl/N-ethyl adjacent to an activating group) is 1. The molecule has 7 nitrogen and oxygen atoms in total. The van der Waals surface area contributed by atoms with E-state index in [0.29, 0.717) is 0 Å². The minimum Gasteiger partial charge on any atom is -0.454 e. The molecule has 1 aromatic rings. The number of carbonyl (C=O) groups is 2. The summed E-state index contributed by atoms with van der Waals surface area (Å²) in [5.41, 5.74) is 1.81. The molecule has 0 unspecified atom stereocenters. The monoisotopic (exact) mass is 356 g/mol. The fourth-order valence-electron chi connectivity index (χ4n) is 1.87. The molecule has 8 heteroatoms. The summed E-state index contributed by atoms with van der Waals surface area (Å²) in [5, 5.41) is 2.32. The van der Waals surface area contributed by atoms with E-state index >= 15 is 0 Å². The first kappa shape index (κ1) is 20.1. The Labute approximate surface area is 142 Å². The summed E-state index contributed by atoms with van der Waals surface area (Å²) in [6.07, 6.45) is 0. The molecule has 0 radical (unpaired) electrons. The Hall–Kier alpha value is -1.93. The summed E-state index contributed by atoms with van der Waals surface area (Å²) in [6, 6.07) is 3.65. The summed E-state index contributed by atoms with van der Waals surface area (Å²) in [4.78, 5) is 23.3. The lowest BCUT2D eigenvalue weighted by molar-refractivity contribution is -0.151. The molecule has 134 valence electrons. The first-order valence-corrected chi connectivity index (χ1v) is 9.03. The highest BCUT2D eigenvalue weighted by Gasteiger charge is 2.30. The molecule has 1 aromatic carbocycles. The van der Waals surface area contributed by atoms with Gasteiger partial charge in [-0.3, -0.25) is 9.59 Å². The summed E-state index contributed by atoms with van der Waals surface area (Å²) in [5.74, 6) is -1.60. The number of benzene rings is 1. The number of hydrogen-bond donors (Lipinski definition) is 2. The summed E-state index contributed by atoms with van der Waals surface area (Å²) in [7, 11) is -2.47. The number of ether oxygens (including phenoxy) is 1. The minimum absolute atomic E-state index is 0.0790. The van der Waals surface area contributed by atoms with Crippen LogP contribution in [0.25, 0.3) is 0 Å². The van der Waals surface area contributed by atoms with E-state index in [1.165, 1.54) is 13.1 Å². The third kappa shape index (κ3) is 5.31. The van der Waals surface area contributed by atoms with E-state index in [1.807, 2.05) is 13.8 Å². The predicted octanol–water partition coefficient (Wildman–Crippen LogP) is 0.896. The van der Waals surface area contributed by atoms with Crippen molar-refractivity contribution < 1.29 is 22.7 Å². The van der Waals surface area contributed by atoms with E-state index in [4.69, 9.17) is 4.74 Å². The molecular weight excluding hydrogens is 332 g/mol. The van der Waals surface area contributed by atoms with Crippen LogP contribution in [-0.4, -0.2) is 40.0 Å². The molecule has 2 N–H and O–H groups in total. The SMILES string of the molecule is CNC(=O)COC(=O)[C@@H](NS(=O)(=O)c1ccc(C)c(C)c1)C(C)C. The molecule has 24 heavy (non-hydrogen) atoms. The van der Waals surface area contributed by atoms with Gasteiger partial charge in [0.1, 0.15) is 6.04 Å². The van der Waals surface area contributed by atoms with E-state index in [1.54, 1.807) is 26.0 Å². The zero-order chi connectivity index (χ0) is 18.5. The van der Waals surface area contributed by atoms with Crippen molar-refractivity contribution in [3.05, 3.63) is 29.3 Å². The van der Waals surface area contributed by atoms with E-state index in [0.717, 1.165) is 11.1 Å². The fraction of sp³-hybridized carbons (Fsp3) is 0.500. The van der Waals surface area contributed by atoms with Gasteiger partial charge in [-0.2, -0.15) is 4.72 Å². The van der Waals surface area contributed by atoms with Gasteiger partial charge in [0.2, 0.25) is 10.0 Å². The molecule has 0 aromatic heterocycles. The zero-order valence-corrected chi connectivity index (χ0v) is 15.4. The van der Waals surface area contributed by atoms with Gasteiger partial charge < -0.3 is 10.1 Å². The van der Waals surface area contributed by atoms with Crippen LogP contribution in [0.2, 0.25) is 0 Å². The van der Waals surface area contributed by atoms with Crippen LogP contribution in [-0.2, 0) is 24.3 Å². The van der Waals surface area contributed by atoms with E-state index in [-0.39, 0.29) is 10.8 Å². The molecule has 0 saturated carbocycles. The Morgan fingerprint density at radius 1 is 1.17 bits per heavy atom. The summed E-state index contributed by atoms with van der Waals surface area (Å²) >= 11 is 0. The zero-order valence-electron chi connectivity index (χ0n) is 14.5. The number of amides is 1. The number of aryl methyl sites for hydroxylation is 2. The Morgan fingerprint density at radius 2 is 1.79 bits per heavy atom. The molecule has 0 spiro atoms. The Kier molecular flexibility index (Phi) is 6.92. The summed E-state index contributed by atoms with van der Waals surface area (Å²) in [6.45, 7) is 6.62. The first-order chi connectivity index (χ1) is 11.1. The van der Waals surface area contributed by atoms with Crippen molar-refractivity contribution >= 4 is 21.9 Å². The first-order valence-electron chi connectivity index (χ1n) is 7.55. The standard InChI is InChI=1S/C16H24N2O5S/c1-10(2)15(16(20)23-9-14(19)17-5)18-24(21,22)13-7-6-11(3)12(4)8-13/h6-8,10,15,18H,9H2,1-5H3,(H,17,19)/t15-/m0/s1. The maximum atomic E-state index is 12.5. The van der Waals surface area contributed by atoms with Crippen LogP contribution >= 0.6 is 0 Å². The number of sulfonamides is 1. The maximum Gasteiger partial charge on any atom is 0.324 e. The van der Waals surface area contributed by atoms with Gasteiger partial charge in [-0.1, -0.05) is 19.9 Å². The smallest absolute Gasteiger partial charge is 0.324 e. The van der Waals surface area contributed by atoms with E-state index < -0.39 is 34.5 Å². The number of rotatable bonds is 7. The lowest BCUT2D eigenvalue weighted by atomic mass is 10.1. The Morgan fingerprint density at radius 3 is 2.29 bits per heavy atom. The van der Waals surface area contributed by atoms with Crippen LogP contribution in [0, 0.1) is 19.8 Å². The molecule has 0 heterocycles. The molecule has 1 atom stereocenters. The molecular formula is C16H24N2O5S. The largest absolute Gasteiger partial charge is 0.454 e. The number of nitrogens with one attached hydrogen (secondary N) is 2. The van der Waals surface area contributed by atoms with Gasteiger partial charge in [0, 0.05) is 7.05 Å². The van der Waals surface area contributed by atoms with Crippen LogP contribution in [0.15, 0.2) is 23.1 Å². The van der Waals surface area contributed by atoms with Crippen LogP contribution < -0.4 is 10.0 Å². The average molecular weight is 356 g/mol. The van der Waals surface area contributed by atoms with Gasteiger partial charge in [-0.25, -0.2) is 8.42 Å². The van der Waals surface area contributed by atoms with Gasteiger partial charge in [-0.05, 0) is 43.0 Å². The molecule has 0 aliphatic rings. The van der Waals surface area contributed by atoms with Crippen molar-refractivity contribution in [3.8, 4) is 0 Å². The second-order valence-electron chi connectivity index (χ2n) is 5.87. The van der Waals surface area contributed by atoms with Crippen LogP contribution in [0.4, 0.5) is 0 Å². The molecule has 0 aliphatic carbocycles. The maximum absolute atomic E-state index is 12.5. The quantitative estimate of drug-likeness (QED) is 0.707. The van der Waals surface area contributed by atoms with Gasteiger partial charge in [0.25, 0.3) is 5.91 Å². The topological polar surface area (TPSA) is 102 Å². The number of esters is 1. The Balaban J connectivity index is 2.95. The molecule has 0 bridgehead atoms. The highest BCUT2D eigenvalue weighted by Crippen LogP contribution is 2.16. The average Bonchev–Trinajstić information content (AvgIpc) is 2.52. The number of hydrogen-bond acceptors (Lipinski definition) is 5. The van der Waals surface area contributed by atoms with Crippen LogP contribution in [0.1, 0.15) is 25.0 Å². The van der Waals surface area contributed by atoms with Crippen molar-refractivity contribution in [2.24, 2.45) is 5.92 Å². The van der Waals surface area contributed by atoms with Gasteiger partial charge in [0.05, 0.1) is 4.90 Å². The normalized spacial score (nSPS) is 12.8. The second-order valence-corrected chi connectivity index (χ2v) is 7.58. The van der Waals surface area contributed by atoms with Gasteiger partial charge in [-0.15, -0.1) is 0 Å². The van der Waals surface area contributed by atoms with E-state index in [9.17, 15) is 18.0 Å². The van der Waals surface area contributed by atoms with E-state index in [2.05, 4.69) is 10.0 Å². The lowest BCUT2D eigenvalue weighted by Gasteiger charge is -2.21. The van der Waals surface area contributed by atoms with Crippen molar-refractivity contribution in [1.29, 1.82) is 0 Å². The van der Waals surface area contributed by atoms with Crippen LogP contribution in [0.3, 0.4) is 0 Å². The van der Waals surface area contributed by atoms with Crippen molar-refractivity contribution in [1.82, 2.24) is 10.0 Å². The number of carbonyl (C=O) groups excluding carboxylic acids is 2. The Bertz CT molecular complexity index is 713. The summed E-state index contributed by atoms with van der Waals surface area (Å²) < 4.78 is 32.3.